The van der Waals surface area contributed by atoms with Crippen molar-refractivity contribution in [2.24, 2.45) is 0 Å². The predicted octanol–water partition coefficient (Wildman–Crippen LogP) is 2.60. The summed E-state index contributed by atoms with van der Waals surface area (Å²) in [6.45, 7) is 1.80. The van der Waals surface area contributed by atoms with E-state index in [4.69, 9.17) is 20.5 Å². The monoisotopic (exact) mass is 274 g/mol. The van der Waals surface area contributed by atoms with E-state index in [0.717, 1.165) is 12.1 Å². The third kappa shape index (κ3) is 3.01. The number of hydrogen-bond donors (Lipinski definition) is 1. The fourth-order valence-corrected chi connectivity index (χ4v) is 1.32. The smallest absolute Gasteiger partial charge is 0.191 e. The Labute approximate surface area is 113 Å². The van der Waals surface area contributed by atoms with Crippen molar-refractivity contribution in [2.75, 3.05) is 11.9 Å². The first-order chi connectivity index (χ1) is 9.58. The first-order valence-electron chi connectivity index (χ1n) is 5.41. The SMILES string of the molecule is CCOc1ccc(F)c(NC(C#N)=C(C#N)C#N)c1F. The first kappa shape index (κ1) is 14.9. The molecule has 0 saturated carbocycles. The number of rotatable bonds is 4. The average molecular weight is 274 g/mol. The van der Waals surface area contributed by atoms with Crippen LogP contribution in [-0.2, 0) is 0 Å². The number of nitriles is 3. The highest BCUT2D eigenvalue weighted by atomic mass is 19.1. The molecule has 0 unspecified atom stereocenters. The Kier molecular flexibility index (Phi) is 5.03. The Balaban J connectivity index is 3.33. The van der Waals surface area contributed by atoms with E-state index in [1.165, 1.54) is 18.2 Å². The molecule has 0 saturated heterocycles. The number of benzene rings is 1. The molecule has 1 N–H and O–H groups in total. The van der Waals surface area contributed by atoms with Crippen molar-refractivity contribution in [1.82, 2.24) is 0 Å². The van der Waals surface area contributed by atoms with Gasteiger partial charge < -0.3 is 10.1 Å². The van der Waals surface area contributed by atoms with Crippen molar-refractivity contribution in [3.8, 4) is 24.0 Å². The van der Waals surface area contributed by atoms with E-state index in [9.17, 15) is 8.78 Å². The van der Waals surface area contributed by atoms with Crippen LogP contribution >= 0.6 is 0 Å². The van der Waals surface area contributed by atoms with E-state index in [1.54, 1.807) is 6.92 Å². The van der Waals surface area contributed by atoms with Gasteiger partial charge in [0.1, 0.15) is 35.4 Å². The van der Waals surface area contributed by atoms with Gasteiger partial charge >= 0.3 is 0 Å². The summed E-state index contributed by atoms with van der Waals surface area (Å²) in [6.07, 6.45) is 0. The van der Waals surface area contributed by atoms with Crippen molar-refractivity contribution in [3.63, 3.8) is 0 Å². The Morgan fingerprint density at radius 2 is 1.85 bits per heavy atom. The molecule has 1 aromatic rings. The number of hydrogen-bond acceptors (Lipinski definition) is 5. The van der Waals surface area contributed by atoms with Crippen LogP contribution in [0.25, 0.3) is 0 Å². The van der Waals surface area contributed by atoms with Gasteiger partial charge in [-0.2, -0.15) is 15.8 Å². The summed E-state index contributed by atoms with van der Waals surface area (Å²) < 4.78 is 32.5. The molecule has 0 aromatic heterocycles. The zero-order chi connectivity index (χ0) is 15.1. The average Bonchev–Trinajstić information content (AvgIpc) is 2.45. The quantitative estimate of drug-likeness (QED) is 0.852. The standard InChI is InChI=1S/C13H8F2N4O/c1-2-20-11-4-3-9(14)13(12(11)15)19-10(7-18)8(5-16)6-17/h3-4,19H,2H2,1H3. The maximum absolute atomic E-state index is 14.0. The lowest BCUT2D eigenvalue weighted by Gasteiger charge is -2.11. The van der Waals surface area contributed by atoms with Gasteiger partial charge in [-0.05, 0) is 19.1 Å². The second-order valence-electron chi connectivity index (χ2n) is 3.38. The molecular formula is C13H8F2N4O. The summed E-state index contributed by atoms with van der Waals surface area (Å²) in [5, 5.41) is 28.2. The number of ether oxygens (including phenoxy) is 1. The Hall–Kier alpha value is -3.11. The van der Waals surface area contributed by atoms with Crippen LogP contribution in [0.2, 0.25) is 0 Å². The Morgan fingerprint density at radius 1 is 1.20 bits per heavy atom. The number of nitrogens with zero attached hydrogens (tertiary/aromatic N) is 3. The van der Waals surface area contributed by atoms with Crippen LogP contribution in [0.3, 0.4) is 0 Å². The third-order valence-corrected chi connectivity index (χ3v) is 2.19. The van der Waals surface area contributed by atoms with Gasteiger partial charge in [0.05, 0.1) is 6.61 Å². The van der Waals surface area contributed by atoms with Crippen LogP contribution < -0.4 is 10.1 Å². The molecule has 1 rings (SSSR count). The largest absolute Gasteiger partial charge is 0.491 e. The lowest BCUT2D eigenvalue weighted by Crippen LogP contribution is -2.06. The van der Waals surface area contributed by atoms with E-state index < -0.39 is 28.6 Å². The van der Waals surface area contributed by atoms with Gasteiger partial charge in [-0.15, -0.1) is 0 Å². The van der Waals surface area contributed by atoms with Crippen LogP contribution in [0.15, 0.2) is 23.4 Å². The molecule has 5 nitrogen and oxygen atoms in total. The maximum atomic E-state index is 14.0. The van der Waals surface area contributed by atoms with Gasteiger partial charge in [0, 0.05) is 0 Å². The molecule has 0 heterocycles. The minimum atomic E-state index is -1.05. The van der Waals surface area contributed by atoms with Gasteiger partial charge in [0.2, 0.25) is 0 Å². The minimum Gasteiger partial charge on any atom is -0.491 e. The molecule has 0 radical (unpaired) electrons. The van der Waals surface area contributed by atoms with E-state index in [-0.39, 0.29) is 12.4 Å². The van der Waals surface area contributed by atoms with Gasteiger partial charge in [0.25, 0.3) is 0 Å². The first-order valence-corrected chi connectivity index (χ1v) is 5.41. The van der Waals surface area contributed by atoms with Crippen molar-refractivity contribution < 1.29 is 13.5 Å². The van der Waals surface area contributed by atoms with Gasteiger partial charge in [-0.3, -0.25) is 0 Å². The Morgan fingerprint density at radius 3 is 2.35 bits per heavy atom. The minimum absolute atomic E-state index is 0.171. The second kappa shape index (κ2) is 6.72. The van der Waals surface area contributed by atoms with Crippen LogP contribution in [-0.4, -0.2) is 6.61 Å². The van der Waals surface area contributed by atoms with Crippen LogP contribution in [0.5, 0.6) is 5.75 Å². The molecule has 0 aliphatic rings. The summed E-state index contributed by atoms with van der Waals surface area (Å²) in [6, 6.07) is 6.48. The number of anilines is 1. The topological polar surface area (TPSA) is 92.6 Å². The highest BCUT2D eigenvalue weighted by Gasteiger charge is 2.17. The molecule has 0 aliphatic carbocycles. The fourth-order valence-electron chi connectivity index (χ4n) is 1.32. The van der Waals surface area contributed by atoms with E-state index in [2.05, 4.69) is 5.32 Å². The molecule has 0 aliphatic heterocycles. The zero-order valence-corrected chi connectivity index (χ0v) is 10.4. The molecule has 0 atom stereocenters. The Bertz CT molecular complexity index is 661. The lowest BCUT2D eigenvalue weighted by molar-refractivity contribution is 0.321. The fraction of sp³-hybridized carbons (Fsp3) is 0.154. The number of allylic oxidation sites excluding steroid dienone is 2. The third-order valence-electron chi connectivity index (χ3n) is 2.19. The summed E-state index contributed by atoms with van der Waals surface area (Å²) in [5.41, 5.74) is -1.77. The normalized spacial score (nSPS) is 8.80. The number of nitrogens with one attached hydrogen (secondary N) is 1. The molecular weight excluding hydrogens is 266 g/mol. The molecule has 1 aromatic carbocycles. The molecule has 0 amide bonds. The van der Waals surface area contributed by atoms with Crippen LogP contribution in [0, 0.1) is 45.6 Å². The summed E-state index contributed by atoms with van der Waals surface area (Å²) in [7, 11) is 0. The van der Waals surface area contributed by atoms with Crippen molar-refractivity contribution in [1.29, 1.82) is 15.8 Å². The van der Waals surface area contributed by atoms with Crippen LogP contribution in [0.4, 0.5) is 14.5 Å². The van der Waals surface area contributed by atoms with Gasteiger partial charge in [-0.1, -0.05) is 0 Å². The van der Waals surface area contributed by atoms with Gasteiger partial charge in [0.15, 0.2) is 17.1 Å². The molecule has 20 heavy (non-hydrogen) atoms. The van der Waals surface area contributed by atoms with Crippen LogP contribution in [0.1, 0.15) is 6.92 Å². The molecule has 0 fully saturated rings. The van der Waals surface area contributed by atoms with E-state index in [0.29, 0.717) is 0 Å². The molecule has 0 spiro atoms. The highest BCUT2D eigenvalue weighted by molar-refractivity contribution is 5.61. The summed E-state index contributed by atoms with van der Waals surface area (Å²) in [4.78, 5) is 0. The zero-order valence-electron chi connectivity index (χ0n) is 10.4. The maximum Gasteiger partial charge on any atom is 0.191 e. The van der Waals surface area contributed by atoms with Gasteiger partial charge in [-0.25, -0.2) is 8.78 Å². The molecule has 100 valence electrons. The second-order valence-corrected chi connectivity index (χ2v) is 3.38. The van der Waals surface area contributed by atoms with Crippen molar-refractivity contribution >= 4 is 5.69 Å². The lowest BCUT2D eigenvalue weighted by atomic mass is 10.2. The van der Waals surface area contributed by atoms with Crippen molar-refractivity contribution in [2.45, 2.75) is 6.92 Å². The molecule has 0 bridgehead atoms. The van der Waals surface area contributed by atoms with E-state index >= 15 is 0 Å². The number of halogens is 2. The van der Waals surface area contributed by atoms with E-state index in [1.807, 2.05) is 0 Å². The highest BCUT2D eigenvalue weighted by Crippen LogP contribution is 2.28. The molecule has 7 heteroatoms. The summed E-state index contributed by atoms with van der Waals surface area (Å²) in [5.74, 6) is -2.23. The van der Waals surface area contributed by atoms with Crippen molar-refractivity contribution in [3.05, 3.63) is 35.0 Å². The predicted molar refractivity (Wildman–Crippen MR) is 65.0 cm³/mol. The summed E-state index contributed by atoms with van der Waals surface area (Å²) >= 11 is 0.